The fraction of sp³-hybridized carbons (Fsp3) is 0.600. The van der Waals surface area contributed by atoms with Crippen LogP contribution >= 0.6 is 0 Å². The lowest BCUT2D eigenvalue weighted by Gasteiger charge is -2.31. The predicted molar refractivity (Wildman–Crippen MR) is 76.2 cm³/mol. The van der Waals surface area contributed by atoms with Crippen LogP contribution in [0.5, 0.6) is 5.75 Å². The first-order chi connectivity index (χ1) is 8.99. The average molecular weight is 267 g/mol. The minimum absolute atomic E-state index is 0.0428. The van der Waals surface area contributed by atoms with Gasteiger partial charge in [0, 0.05) is 18.0 Å². The van der Waals surface area contributed by atoms with E-state index in [2.05, 4.69) is 19.2 Å². The molecule has 3 N–H and O–H groups in total. The largest absolute Gasteiger partial charge is 0.494 e. The van der Waals surface area contributed by atoms with Crippen LogP contribution < -0.4 is 10.1 Å². The van der Waals surface area contributed by atoms with Crippen LogP contribution in [0.15, 0.2) is 24.3 Å². The lowest BCUT2D eigenvalue weighted by atomic mass is 9.98. The van der Waals surface area contributed by atoms with Crippen LogP contribution in [-0.4, -0.2) is 35.0 Å². The molecule has 0 spiro atoms. The first-order valence-electron chi connectivity index (χ1n) is 6.70. The third kappa shape index (κ3) is 5.59. The van der Waals surface area contributed by atoms with Crippen LogP contribution in [0.25, 0.3) is 0 Å². The summed E-state index contributed by atoms with van der Waals surface area (Å²) in [5, 5.41) is 21.8. The van der Waals surface area contributed by atoms with E-state index in [0.29, 0.717) is 12.6 Å². The van der Waals surface area contributed by atoms with Crippen molar-refractivity contribution in [3.8, 4) is 5.75 Å². The molecule has 0 saturated heterocycles. The van der Waals surface area contributed by atoms with Gasteiger partial charge in [-0.1, -0.05) is 26.0 Å². The van der Waals surface area contributed by atoms with Crippen molar-refractivity contribution in [3.63, 3.8) is 0 Å². The minimum Gasteiger partial charge on any atom is -0.494 e. The van der Waals surface area contributed by atoms with E-state index in [1.807, 2.05) is 31.2 Å². The highest BCUT2D eigenvalue weighted by molar-refractivity contribution is 5.26. The van der Waals surface area contributed by atoms with E-state index >= 15 is 0 Å². The van der Waals surface area contributed by atoms with Gasteiger partial charge in [-0.2, -0.15) is 0 Å². The number of hydrogen-bond acceptors (Lipinski definition) is 4. The van der Waals surface area contributed by atoms with Gasteiger partial charge in [-0.25, -0.2) is 0 Å². The topological polar surface area (TPSA) is 61.7 Å². The van der Waals surface area contributed by atoms with Crippen LogP contribution in [0.4, 0.5) is 0 Å². The van der Waals surface area contributed by atoms with Gasteiger partial charge in [0.25, 0.3) is 0 Å². The maximum atomic E-state index is 9.45. The minimum atomic E-state index is -0.320. The van der Waals surface area contributed by atoms with Crippen molar-refractivity contribution >= 4 is 0 Å². The number of benzene rings is 1. The molecule has 0 radical (unpaired) electrons. The molecule has 0 aliphatic heterocycles. The number of nitrogens with one attached hydrogen (secondary N) is 1. The highest BCUT2D eigenvalue weighted by Gasteiger charge is 2.23. The molecule has 1 aromatic rings. The fourth-order valence-electron chi connectivity index (χ4n) is 1.98. The van der Waals surface area contributed by atoms with E-state index in [1.165, 1.54) is 0 Å². The molecule has 1 aromatic carbocycles. The summed E-state index contributed by atoms with van der Waals surface area (Å²) in [6.07, 6.45) is 0.726. The van der Waals surface area contributed by atoms with Crippen molar-refractivity contribution in [3.05, 3.63) is 29.8 Å². The van der Waals surface area contributed by atoms with Crippen molar-refractivity contribution < 1.29 is 14.9 Å². The maximum Gasteiger partial charge on any atom is 0.119 e. The molecule has 0 bridgehead atoms. The van der Waals surface area contributed by atoms with E-state index < -0.39 is 0 Å². The van der Waals surface area contributed by atoms with Gasteiger partial charge in [-0.15, -0.1) is 0 Å². The van der Waals surface area contributed by atoms with Gasteiger partial charge in [-0.05, 0) is 24.6 Å². The highest BCUT2D eigenvalue weighted by atomic mass is 16.5. The number of ether oxygens (including phenoxy) is 1. The van der Waals surface area contributed by atoms with Crippen LogP contribution in [0.1, 0.15) is 32.8 Å². The van der Waals surface area contributed by atoms with Gasteiger partial charge < -0.3 is 20.3 Å². The summed E-state index contributed by atoms with van der Waals surface area (Å²) in [6.45, 7) is 6.77. The Balaban J connectivity index is 2.43. The smallest absolute Gasteiger partial charge is 0.119 e. The molecule has 0 heterocycles. The molecular weight excluding hydrogens is 242 g/mol. The monoisotopic (exact) mass is 267 g/mol. The summed E-state index contributed by atoms with van der Waals surface area (Å²) in [5.74, 6) is 0.780. The van der Waals surface area contributed by atoms with E-state index in [4.69, 9.17) is 9.84 Å². The molecule has 0 aliphatic rings. The van der Waals surface area contributed by atoms with Crippen LogP contribution in [0.3, 0.4) is 0 Å². The second kappa shape index (κ2) is 7.48. The number of hydrogen-bond donors (Lipinski definition) is 3. The Kier molecular flexibility index (Phi) is 6.28. The van der Waals surface area contributed by atoms with Gasteiger partial charge in [0.1, 0.15) is 5.75 Å². The van der Waals surface area contributed by atoms with E-state index in [0.717, 1.165) is 17.7 Å². The lowest BCUT2D eigenvalue weighted by Crippen LogP contribution is -2.49. The molecule has 0 amide bonds. The molecule has 4 heteroatoms. The predicted octanol–water partition coefficient (Wildman–Crippen LogP) is 1.70. The molecule has 108 valence electrons. The number of rotatable bonds is 8. The van der Waals surface area contributed by atoms with Gasteiger partial charge in [0.2, 0.25) is 0 Å². The van der Waals surface area contributed by atoms with Gasteiger partial charge >= 0.3 is 0 Å². The SMILES string of the molecule is CC(C)NC(C)(CO)CCOc1ccc(CO)cc1. The Morgan fingerprint density at radius 3 is 2.32 bits per heavy atom. The van der Waals surface area contributed by atoms with Crippen LogP contribution in [0.2, 0.25) is 0 Å². The third-order valence-corrected chi connectivity index (χ3v) is 3.01. The molecule has 0 aromatic heterocycles. The standard InChI is InChI=1S/C15H25NO3/c1-12(2)16-15(3,11-18)8-9-19-14-6-4-13(10-17)5-7-14/h4-7,12,16-18H,8-11H2,1-3H3. The van der Waals surface area contributed by atoms with Gasteiger partial charge in [0.15, 0.2) is 0 Å². The van der Waals surface area contributed by atoms with E-state index in [9.17, 15) is 5.11 Å². The number of aliphatic hydroxyl groups is 2. The first-order valence-corrected chi connectivity index (χ1v) is 6.70. The van der Waals surface area contributed by atoms with Crippen molar-refractivity contribution in [2.75, 3.05) is 13.2 Å². The molecule has 0 aliphatic carbocycles. The maximum absolute atomic E-state index is 9.45. The normalized spacial score (nSPS) is 14.4. The summed E-state index contributed by atoms with van der Waals surface area (Å²) in [7, 11) is 0. The molecule has 0 fully saturated rings. The highest BCUT2D eigenvalue weighted by Crippen LogP contribution is 2.15. The first kappa shape index (κ1) is 16.0. The van der Waals surface area contributed by atoms with Crippen molar-refractivity contribution in [1.82, 2.24) is 5.32 Å². The zero-order chi connectivity index (χ0) is 14.3. The number of aliphatic hydroxyl groups excluding tert-OH is 2. The summed E-state index contributed by atoms with van der Waals surface area (Å²) in [4.78, 5) is 0. The zero-order valence-electron chi connectivity index (χ0n) is 12.0. The summed E-state index contributed by atoms with van der Waals surface area (Å²) in [5.41, 5.74) is 0.549. The molecule has 1 atom stereocenters. The van der Waals surface area contributed by atoms with Crippen molar-refractivity contribution in [2.45, 2.75) is 45.4 Å². The van der Waals surface area contributed by atoms with Crippen LogP contribution in [-0.2, 0) is 6.61 Å². The molecule has 1 unspecified atom stereocenters. The lowest BCUT2D eigenvalue weighted by molar-refractivity contribution is 0.136. The quantitative estimate of drug-likeness (QED) is 0.671. The third-order valence-electron chi connectivity index (χ3n) is 3.01. The summed E-state index contributed by atoms with van der Waals surface area (Å²) < 4.78 is 5.65. The summed E-state index contributed by atoms with van der Waals surface area (Å²) in [6, 6.07) is 7.69. The van der Waals surface area contributed by atoms with Crippen LogP contribution in [0, 0.1) is 0 Å². The second-order valence-electron chi connectivity index (χ2n) is 5.42. The van der Waals surface area contributed by atoms with Gasteiger partial charge in [0.05, 0.1) is 19.8 Å². The molecule has 4 nitrogen and oxygen atoms in total. The Labute approximate surface area is 115 Å². The van der Waals surface area contributed by atoms with Gasteiger partial charge in [-0.3, -0.25) is 0 Å². The zero-order valence-corrected chi connectivity index (χ0v) is 12.0. The molecule has 19 heavy (non-hydrogen) atoms. The Morgan fingerprint density at radius 1 is 1.21 bits per heavy atom. The summed E-state index contributed by atoms with van der Waals surface area (Å²) >= 11 is 0. The molecular formula is C15H25NO3. The fourth-order valence-corrected chi connectivity index (χ4v) is 1.98. The van der Waals surface area contributed by atoms with Crippen molar-refractivity contribution in [2.24, 2.45) is 0 Å². The van der Waals surface area contributed by atoms with E-state index in [-0.39, 0.29) is 18.8 Å². The molecule has 1 rings (SSSR count). The Hall–Kier alpha value is -1.10. The second-order valence-corrected chi connectivity index (χ2v) is 5.42. The Bertz CT molecular complexity index is 364. The average Bonchev–Trinajstić information content (AvgIpc) is 2.38. The molecule has 0 saturated carbocycles. The van der Waals surface area contributed by atoms with E-state index in [1.54, 1.807) is 0 Å². The van der Waals surface area contributed by atoms with Crippen molar-refractivity contribution in [1.29, 1.82) is 0 Å². The Morgan fingerprint density at radius 2 is 1.84 bits per heavy atom.